The van der Waals surface area contributed by atoms with Crippen molar-refractivity contribution in [1.82, 2.24) is 9.97 Å². The number of halogens is 1. The highest BCUT2D eigenvalue weighted by molar-refractivity contribution is 6.30. The summed E-state index contributed by atoms with van der Waals surface area (Å²) >= 11 is 6.12. The molecule has 0 unspecified atom stereocenters. The van der Waals surface area contributed by atoms with Gasteiger partial charge in [-0.25, -0.2) is 9.97 Å². The Balaban J connectivity index is 2.47. The number of fused-ring (bicyclic) bond motifs is 1. The number of aromatic nitrogens is 2. The third-order valence-corrected chi connectivity index (χ3v) is 3.13. The first-order chi connectivity index (χ1) is 7.54. The van der Waals surface area contributed by atoms with Gasteiger partial charge in [0, 0.05) is 19.1 Å². The van der Waals surface area contributed by atoms with E-state index >= 15 is 0 Å². The zero-order valence-electron chi connectivity index (χ0n) is 9.71. The quantitative estimate of drug-likeness (QED) is 0.745. The molecule has 0 amide bonds. The van der Waals surface area contributed by atoms with E-state index in [1.807, 2.05) is 13.8 Å². The monoisotopic (exact) mass is 242 g/mol. The highest BCUT2D eigenvalue weighted by Gasteiger charge is 2.26. The third kappa shape index (κ3) is 2.05. The van der Waals surface area contributed by atoms with Crippen LogP contribution in [0, 0.1) is 0 Å². The molecule has 1 aliphatic heterocycles. The van der Waals surface area contributed by atoms with Gasteiger partial charge < -0.3 is 9.47 Å². The number of hydrogen-bond donors (Lipinski definition) is 0. The van der Waals surface area contributed by atoms with E-state index in [1.165, 1.54) is 0 Å². The highest BCUT2D eigenvalue weighted by atomic mass is 35.5. The minimum absolute atomic E-state index is 0.477. The van der Waals surface area contributed by atoms with Crippen LogP contribution in [0.1, 0.15) is 30.9 Å². The normalized spacial score (nSPS) is 16.0. The molecule has 4 nitrogen and oxygen atoms in total. The molecule has 0 N–H and O–H groups in total. The third-order valence-electron chi connectivity index (χ3n) is 2.82. The number of methoxy groups -OCH3 is 1. The molecule has 0 aliphatic carbocycles. The molecule has 1 aromatic heterocycles. The molecule has 2 rings (SSSR count). The molecule has 16 heavy (non-hydrogen) atoms. The number of nitrogens with zero attached hydrogens (tertiary/aromatic N) is 2. The SMILES string of the molecule is COC(C)(C)c1nc(Cl)c2c(n1)CCOC2. The van der Waals surface area contributed by atoms with Gasteiger partial charge in [-0.3, -0.25) is 0 Å². The van der Waals surface area contributed by atoms with Gasteiger partial charge in [0.05, 0.1) is 18.9 Å². The summed E-state index contributed by atoms with van der Waals surface area (Å²) in [7, 11) is 1.64. The van der Waals surface area contributed by atoms with E-state index in [2.05, 4.69) is 9.97 Å². The smallest absolute Gasteiger partial charge is 0.161 e. The van der Waals surface area contributed by atoms with Crippen molar-refractivity contribution in [3.05, 3.63) is 22.2 Å². The number of rotatable bonds is 2. The molecule has 5 heteroatoms. The van der Waals surface area contributed by atoms with Gasteiger partial charge in [0.1, 0.15) is 10.8 Å². The number of ether oxygens (including phenoxy) is 2. The van der Waals surface area contributed by atoms with E-state index in [0.717, 1.165) is 17.7 Å². The van der Waals surface area contributed by atoms with Crippen LogP contribution in [0.2, 0.25) is 5.15 Å². The summed E-state index contributed by atoms with van der Waals surface area (Å²) in [4.78, 5) is 8.79. The van der Waals surface area contributed by atoms with Crippen molar-refractivity contribution in [3.63, 3.8) is 0 Å². The topological polar surface area (TPSA) is 44.2 Å². The van der Waals surface area contributed by atoms with Gasteiger partial charge in [0.25, 0.3) is 0 Å². The first-order valence-corrected chi connectivity index (χ1v) is 5.61. The molecule has 2 heterocycles. The lowest BCUT2D eigenvalue weighted by molar-refractivity contribution is 0.0107. The minimum atomic E-state index is -0.517. The summed E-state index contributed by atoms with van der Waals surface area (Å²) in [5.41, 5.74) is 1.37. The maximum absolute atomic E-state index is 6.12. The molecule has 0 atom stereocenters. The van der Waals surface area contributed by atoms with Gasteiger partial charge >= 0.3 is 0 Å². The number of hydrogen-bond acceptors (Lipinski definition) is 4. The van der Waals surface area contributed by atoms with Gasteiger partial charge in [-0.1, -0.05) is 11.6 Å². The van der Waals surface area contributed by atoms with Gasteiger partial charge in [-0.2, -0.15) is 0 Å². The van der Waals surface area contributed by atoms with Gasteiger partial charge in [-0.15, -0.1) is 0 Å². The fourth-order valence-electron chi connectivity index (χ4n) is 1.55. The van der Waals surface area contributed by atoms with E-state index in [1.54, 1.807) is 7.11 Å². The Bertz CT molecular complexity index is 407. The minimum Gasteiger partial charge on any atom is -0.376 e. The molecule has 0 radical (unpaired) electrons. The van der Waals surface area contributed by atoms with Crippen LogP contribution in [-0.4, -0.2) is 23.7 Å². The van der Waals surface area contributed by atoms with Crippen molar-refractivity contribution in [2.75, 3.05) is 13.7 Å². The summed E-state index contributed by atoms with van der Waals surface area (Å²) in [6.07, 6.45) is 0.782. The lowest BCUT2D eigenvalue weighted by Gasteiger charge is -2.24. The van der Waals surface area contributed by atoms with Gasteiger partial charge in [0.15, 0.2) is 5.82 Å². The summed E-state index contributed by atoms with van der Waals surface area (Å²) in [6.45, 7) is 5.03. The first-order valence-electron chi connectivity index (χ1n) is 5.23. The summed E-state index contributed by atoms with van der Waals surface area (Å²) in [5, 5.41) is 0.477. The second-order valence-electron chi connectivity index (χ2n) is 4.28. The van der Waals surface area contributed by atoms with Crippen LogP contribution in [0.25, 0.3) is 0 Å². The average Bonchev–Trinajstić information content (AvgIpc) is 2.29. The van der Waals surface area contributed by atoms with Crippen LogP contribution in [0.15, 0.2) is 0 Å². The Hall–Kier alpha value is -0.710. The van der Waals surface area contributed by atoms with E-state index in [9.17, 15) is 0 Å². The van der Waals surface area contributed by atoms with Gasteiger partial charge in [0.2, 0.25) is 0 Å². The Kier molecular flexibility index (Phi) is 3.15. The second-order valence-corrected chi connectivity index (χ2v) is 4.64. The summed E-state index contributed by atoms with van der Waals surface area (Å²) in [5.74, 6) is 0.626. The molecule has 0 fully saturated rings. The molecule has 0 aromatic carbocycles. The van der Waals surface area contributed by atoms with Crippen molar-refractivity contribution in [3.8, 4) is 0 Å². The molecule has 88 valence electrons. The summed E-state index contributed by atoms with van der Waals surface area (Å²) < 4.78 is 10.7. The lowest BCUT2D eigenvalue weighted by atomic mass is 10.1. The highest BCUT2D eigenvalue weighted by Crippen LogP contribution is 2.27. The van der Waals surface area contributed by atoms with E-state index in [0.29, 0.717) is 24.2 Å². The fourth-order valence-corrected chi connectivity index (χ4v) is 1.80. The Morgan fingerprint density at radius 2 is 2.12 bits per heavy atom. The molecule has 0 saturated heterocycles. The predicted octanol–water partition coefficient (Wildman–Crippen LogP) is 2.08. The zero-order valence-corrected chi connectivity index (χ0v) is 10.5. The molecule has 1 aromatic rings. The molecule has 0 spiro atoms. The molecular formula is C11H15ClN2O2. The van der Waals surface area contributed by atoms with Crippen LogP contribution in [0.5, 0.6) is 0 Å². The van der Waals surface area contributed by atoms with Crippen LogP contribution >= 0.6 is 11.6 Å². The lowest BCUT2D eigenvalue weighted by Crippen LogP contribution is -2.25. The second kappa shape index (κ2) is 4.28. The van der Waals surface area contributed by atoms with Crippen LogP contribution in [0.4, 0.5) is 0 Å². The molecule has 0 bridgehead atoms. The first kappa shape index (κ1) is 11.8. The molecule has 1 aliphatic rings. The van der Waals surface area contributed by atoms with Crippen LogP contribution < -0.4 is 0 Å². The van der Waals surface area contributed by atoms with Crippen molar-refractivity contribution >= 4 is 11.6 Å². The van der Waals surface area contributed by atoms with Gasteiger partial charge in [-0.05, 0) is 13.8 Å². The molecule has 0 saturated carbocycles. The van der Waals surface area contributed by atoms with E-state index in [-0.39, 0.29) is 0 Å². The van der Waals surface area contributed by atoms with E-state index in [4.69, 9.17) is 21.1 Å². The fraction of sp³-hybridized carbons (Fsp3) is 0.636. The Morgan fingerprint density at radius 1 is 1.38 bits per heavy atom. The van der Waals surface area contributed by atoms with Crippen molar-refractivity contribution in [2.24, 2.45) is 0 Å². The predicted molar refractivity (Wildman–Crippen MR) is 60.4 cm³/mol. The Morgan fingerprint density at radius 3 is 2.81 bits per heavy atom. The zero-order chi connectivity index (χ0) is 11.8. The van der Waals surface area contributed by atoms with Crippen LogP contribution in [0.3, 0.4) is 0 Å². The standard InChI is InChI=1S/C11H15ClN2O2/c1-11(2,15-3)10-13-8-4-5-16-6-7(8)9(12)14-10/h4-6H2,1-3H3. The van der Waals surface area contributed by atoms with Crippen LogP contribution in [-0.2, 0) is 28.1 Å². The summed E-state index contributed by atoms with van der Waals surface area (Å²) in [6, 6.07) is 0. The largest absolute Gasteiger partial charge is 0.376 e. The van der Waals surface area contributed by atoms with Crippen molar-refractivity contribution < 1.29 is 9.47 Å². The van der Waals surface area contributed by atoms with Crippen molar-refractivity contribution in [1.29, 1.82) is 0 Å². The average molecular weight is 243 g/mol. The van der Waals surface area contributed by atoms with Crippen molar-refractivity contribution in [2.45, 2.75) is 32.5 Å². The Labute approximate surface area is 99.9 Å². The maximum Gasteiger partial charge on any atom is 0.161 e. The maximum atomic E-state index is 6.12. The van der Waals surface area contributed by atoms with E-state index < -0.39 is 5.60 Å². The molecular weight excluding hydrogens is 228 g/mol.